The van der Waals surface area contributed by atoms with Gasteiger partial charge in [-0.1, -0.05) is 13.0 Å². The number of hydrogen-bond donors (Lipinski definition) is 3. The number of amides is 2. The van der Waals surface area contributed by atoms with Crippen LogP contribution in [0.3, 0.4) is 0 Å². The molecule has 2 heterocycles. The number of ether oxygens (including phenoxy) is 1. The fraction of sp³-hybridized carbons (Fsp3) is 0.667. The van der Waals surface area contributed by atoms with E-state index < -0.39 is 5.97 Å². The maximum Gasteiger partial charge on any atom is 0.317 e. The average molecular weight is 381 g/mol. The maximum atomic E-state index is 12.3. The molecule has 1 aliphatic carbocycles. The van der Waals surface area contributed by atoms with Gasteiger partial charge in [0, 0.05) is 29.6 Å². The normalized spacial score (nSPS) is 28.4. The third-order valence-electron chi connectivity index (χ3n) is 5.19. The molecule has 0 unspecified atom stereocenters. The first kappa shape index (κ1) is 19.1. The van der Waals surface area contributed by atoms with Crippen molar-refractivity contribution in [3.63, 3.8) is 0 Å². The average Bonchev–Trinajstić information content (AvgIpc) is 3.10. The number of carbonyl (C=O) groups is 2. The van der Waals surface area contributed by atoms with Gasteiger partial charge in [-0.05, 0) is 43.7 Å². The summed E-state index contributed by atoms with van der Waals surface area (Å²) < 4.78 is 5.82. The van der Waals surface area contributed by atoms with Gasteiger partial charge in [0.05, 0.1) is 12.6 Å². The second-order valence-corrected chi connectivity index (χ2v) is 7.97. The Labute approximate surface area is 157 Å². The molecule has 1 aliphatic heterocycles. The molecule has 1 saturated carbocycles. The van der Waals surface area contributed by atoms with Gasteiger partial charge in [-0.25, -0.2) is 4.79 Å². The molecule has 0 spiro atoms. The molecule has 7 nitrogen and oxygen atoms in total. The van der Waals surface area contributed by atoms with Gasteiger partial charge in [0.1, 0.15) is 0 Å². The van der Waals surface area contributed by atoms with Crippen molar-refractivity contribution in [3.05, 3.63) is 22.4 Å². The first-order valence-corrected chi connectivity index (χ1v) is 10.1. The monoisotopic (exact) mass is 381 g/mol. The zero-order chi connectivity index (χ0) is 18.5. The molecular weight excluding hydrogens is 354 g/mol. The molecule has 1 aromatic heterocycles. The molecular formula is C18H27N3O4S. The number of carboxylic acid groups (broad SMARTS) is 1. The van der Waals surface area contributed by atoms with E-state index in [-0.39, 0.29) is 36.8 Å². The fourth-order valence-corrected chi connectivity index (χ4v) is 4.48. The highest BCUT2D eigenvalue weighted by Gasteiger charge is 2.35. The van der Waals surface area contributed by atoms with Crippen molar-refractivity contribution >= 4 is 23.3 Å². The van der Waals surface area contributed by atoms with E-state index in [9.17, 15) is 9.59 Å². The Bertz CT molecular complexity index is 604. The third kappa shape index (κ3) is 4.96. The van der Waals surface area contributed by atoms with Gasteiger partial charge in [0.15, 0.2) is 0 Å². The fourth-order valence-electron chi connectivity index (χ4n) is 3.69. The van der Waals surface area contributed by atoms with Gasteiger partial charge in [-0.2, -0.15) is 0 Å². The summed E-state index contributed by atoms with van der Waals surface area (Å²) in [4.78, 5) is 26.3. The Balaban J connectivity index is 1.39. The van der Waals surface area contributed by atoms with Gasteiger partial charge in [-0.3, -0.25) is 9.69 Å². The predicted molar refractivity (Wildman–Crippen MR) is 99.4 cm³/mol. The number of nitrogens with one attached hydrogen (secondary N) is 2. The van der Waals surface area contributed by atoms with Crippen molar-refractivity contribution in [3.8, 4) is 0 Å². The lowest BCUT2D eigenvalue weighted by Gasteiger charge is -2.42. The molecule has 3 rings (SSSR count). The van der Waals surface area contributed by atoms with Crippen LogP contribution in [0.2, 0.25) is 0 Å². The SMILES string of the molecule is CCN(CC(=O)O)C1CC(NC(=O)N[C@@H]2CCO[C@@H](c3cccs3)C2)C1. The lowest BCUT2D eigenvalue weighted by Crippen LogP contribution is -2.57. The molecule has 8 heteroatoms. The molecule has 144 valence electrons. The van der Waals surface area contributed by atoms with Crippen molar-refractivity contribution in [2.45, 2.75) is 56.8 Å². The summed E-state index contributed by atoms with van der Waals surface area (Å²) in [5.41, 5.74) is 0. The van der Waals surface area contributed by atoms with E-state index in [1.54, 1.807) is 11.3 Å². The van der Waals surface area contributed by atoms with Crippen LogP contribution in [0, 0.1) is 0 Å². The van der Waals surface area contributed by atoms with E-state index in [1.165, 1.54) is 4.88 Å². The standard InChI is InChI=1S/C18H27N3O4S/c1-2-21(11-17(22)23)14-8-13(9-14)20-18(24)19-12-5-6-25-15(10-12)16-4-3-7-26-16/h3-4,7,12-15H,2,5-6,8-11H2,1H3,(H,22,23)(H2,19,20,24)/t12-,13?,14?,15-/m1/s1. The molecule has 0 aromatic carbocycles. The van der Waals surface area contributed by atoms with Gasteiger partial charge in [0.25, 0.3) is 0 Å². The summed E-state index contributed by atoms with van der Waals surface area (Å²) in [5.74, 6) is -0.805. The first-order chi connectivity index (χ1) is 12.5. The molecule has 26 heavy (non-hydrogen) atoms. The van der Waals surface area contributed by atoms with Crippen molar-refractivity contribution in [1.82, 2.24) is 15.5 Å². The number of rotatable bonds is 7. The lowest BCUT2D eigenvalue weighted by molar-refractivity contribution is -0.139. The number of likely N-dealkylation sites (N-methyl/N-ethyl adjacent to an activating group) is 1. The Kier molecular flexibility index (Phi) is 6.50. The number of nitrogens with zero attached hydrogens (tertiary/aromatic N) is 1. The van der Waals surface area contributed by atoms with Crippen LogP contribution < -0.4 is 10.6 Å². The number of hydrogen-bond acceptors (Lipinski definition) is 5. The molecule has 3 N–H and O–H groups in total. The van der Waals surface area contributed by atoms with E-state index in [2.05, 4.69) is 16.7 Å². The molecule has 0 bridgehead atoms. The molecule has 2 fully saturated rings. The Morgan fingerprint density at radius 3 is 2.73 bits per heavy atom. The topological polar surface area (TPSA) is 90.9 Å². The number of thiophene rings is 1. The largest absolute Gasteiger partial charge is 0.480 e. The third-order valence-corrected chi connectivity index (χ3v) is 6.15. The highest BCUT2D eigenvalue weighted by molar-refractivity contribution is 7.10. The molecule has 1 saturated heterocycles. The van der Waals surface area contributed by atoms with Crippen molar-refractivity contribution in [1.29, 1.82) is 0 Å². The number of carboxylic acids is 1. The lowest BCUT2D eigenvalue weighted by atomic mass is 9.85. The highest BCUT2D eigenvalue weighted by atomic mass is 32.1. The summed E-state index contributed by atoms with van der Waals surface area (Å²) in [7, 11) is 0. The van der Waals surface area contributed by atoms with Crippen molar-refractivity contribution in [2.75, 3.05) is 19.7 Å². The zero-order valence-corrected chi connectivity index (χ0v) is 15.8. The van der Waals surface area contributed by atoms with E-state index in [1.807, 2.05) is 23.3 Å². The Morgan fingerprint density at radius 1 is 1.31 bits per heavy atom. The predicted octanol–water partition coefficient (Wildman–Crippen LogP) is 2.20. The molecule has 2 amide bonds. The quantitative estimate of drug-likeness (QED) is 0.674. The summed E-state index contributed by atoms with van der Waals surface area (Å²) >= 11 is 1.68. The highest BCUT2D eigenvalue weighted by Crippen LogP contribution is 2.31. The van der Waals surface area contributed by atoms with E-state index >= 15 is 0 Å². The summed E-state index contributed by atoms with van der Waals surface area (Å²) in [6, 6.07) is 4.44. The Hall–Kier alpha value is -1.64. The van der Waals surface area contributed by atoms with Crippen LogP contribution in [0.25, 0.3) is 0 Å². The van der Waals surface area contributed by atoms with Gasteiger partial charge < -0.3 is 20.5 Å². The second-order valence-electron chi connectivity index (χ2n) is 6.99. The summed E-state index contributed by atoms with van der Waals surface area (Å²) in [5, 5.41) is 17.1. The summed E-state index contributed by atoms with van der Waals surface area (Å²) in [6.45, 7) is 3.39. The maximum absolute atomic E-state index is 12.3. The van der Waals surface area contributed by atoms with E-state index in [0.717, 1.165) is 25.7 Å². The molecule has 0 radical (unpaired) electrons. The van der Waals surface area contributed by atoms with Crippen LogP contribution >= 0.6 is 11.3 Å². The second kappa shape index (κ2) is 8.83. The number of carbonyl (C=O) groups excluding carboxylic acids is 1. The number of urea groups is 1. The van der Waals surface area contributed by atoms with Gasteiger partial charge >= 0.3 is 12.0 Å². The van der Waals surface area contributed by atoms with Crippen molar-refractivity contribution in [2.24, 2.45) is 0 Å². The molecule has 2 aliphatic rings. The minimum absolute atomic E-state index is 0.0618. The van der Waals surface area contributed by atoms with Crippen LogP contribution in [0.4, 0.5) is 4.79 Å². The Morgan fingerprint density at radius 2 is 2.08 bits per heavy atom. The van der Waals surface area contributed by atoms with Gasteiger partial charge in [-0.15, -0.1) is 11.3 Å². The smallest absolute Gasteiger partial charge is 0.317 e. The van der Waals surface area contributed by atoms with Crippen LogP contribution in [-0.4, -0.2) is 59.8 Å². The zero-order valence-electron chi connectivity index (χ0n) is 15.0. The van der Waals surface area contributed by atoms with E-state index in [0.29, 0.717) is 13.2 Å². The van der Waals surface area contributed by atoms with Gasteiger partial charge in [0.2, 0.25) is 0 Å². The van der Waals surface area contributed by atoms with Crippen molar-refractivity contribution < 1.29 is 19.4 Å². The van der Waals surface area contributed by atoms with Crippen LogP contribution in [0.15, 0.2) is 17.5 Å². The minimum Gasteiger partial charge on any atom is -0.480 e. The van der Waals surface area contributed by atoms with Crippen LogP contribution in [0.1, 0.15) is 43.6 Å². The molecule has 1 aromatic rings. The molecule has 2 atom stereocenters. The number of aliphatic carboxylic acids is 1. The minimum atomic E-state index is -0.805. The summed E-state index contributed by atoms with van der Waals surface area (Å²) in [6.07, 6.45) is 3.30. The van der Waals surface area contributed by atoms with Crippen LogP contribution in [0.5, 0.6) is 0 Å². The first-order valence-electron chi connectivity index (χ1n) is 9.23. The van der Waals surface area contributed by atoms with E-state index in [4.69, 9.17) is 9.84 Å². The van der Waals surface area contributed by atoms with Crippen LogP contribution in [-0.2, 0) is 9.53 Å².